The van der Waals surface area contributed by atoms with E-state index in [4.69, 9.17) is 22.3 Å². The molecule has 0 radical (unpaired) electrons. The lowest BCUT2D eigenvalue weighted by molar-refractivity contribution is 0.943. The second-order valence-corrected chi connectivity index (χ2v) is 5.96. The zero-order valence-corrected chi connectivity index (χ0v) is 13.7. The van der Waals surface area contributed by atoms with E-state index in [1.54, 1.807) is 16.8 Å². The monoisotopic (exact) mass is 335 g/mol. The smallest absolute Gasteiger partial charge is 0.155 e. The molecule has 2 N–H and O–H groups in total. The van der Waals surface area contributed by atoms with Crippen LogP contribution in [0.5, 0.6) is 0 Å². The number of aryl methyl sites for hydroxylation is 1. The van der Waals surface area contributed by atoms with E-state index in [9.17, 15) is 0 Å². The lowest BCUT2D eigenvalue weighted by Crippen LogP contribution is -1.97. The molecule has 0 spiro atoms. The van der Waals surface area contributed by atoms with Crippen LogP contribution in [0.4, 0.5) is 5.82 Å². The minimum absolute atomic E-state index is 0.402. The Morgan fingerprint density at radius 1 is 1.04 bits per heavy atom. The van der Waals surface area contributed by atoms with E-state index in [0.29, 0.717) is 11.0 Å². The molecule has 4 aromatic rings. The van der Waals surface area contributed by atoms with Gasteiger partial charge in [0.15, 0.2) is 5.65 Å². The molecule has 0 bridgehead atoms. The van der Waals surface area contributed by atoms with Gasteiger partial charge in [-0.15, -0.1) is 0 Å². The summed E-state index contributed by atoms with van der Waals surface area (Å²) in [4.78, 5) is 8.82. The molecule has 0 amide bonds. The Hall–Kier alpha value is -2.92. The van der Waals surface area contributed by atoms with Gasteiger partial charge in [-0.25, -0.2) is 14.5 Å². The summed E-state index contributed by atoms with van der Waals surface area (Å²) < 4.78 is 1.74. The molecule has 0 saturated carbocycles. The van der Waals surface area contributed by atoms with E-state index < -0.39 is 0 Å². The number of fused-ring (bicyclic) bond motifs is 1. The number of aromatic nitrogens is 4. The number of pyridine rings is 1. The minimum atomic E-state index is 0.402. The Kier molecular flexibility index (Phi) is 3.43. The maximum atomic E-state index is 6.09. The average Bonchev–Trinajstić information content (AvgIpc) is 2.93. The fraction of sp³-hybridized carbons (Fsp3) is 0.0556. The van der Waals surface area contributed by atoms with Gasteiger partial charge in [-0.2, -0.15) is 5.10 Å². The number of nitrogen functional groups attached to an aromatic ring is 1. The van der Waals surface area contributed by atoms with Crippen molar-refractivity contribution in [1.82, 2.24) is 19.6 Å². The number of rotatable bonds is 2. The molecule has 1 aromatic carbocycles. The molecule has 24 heavy (non-hydrogen) atoms. The van der Waals surface area contributed by atoms with Gasteiger partial charge in [0.2, 0.25) is 0 Å². The van der Waals surface area contributed by atoms with Crippen molar-refractivity contribution in [3.8, 4) is 22.5 Å². The van der Waals surface area contributed by atoms with Crippen molar-refractivity contribution in [1.29, 1.82) is 0 Å². The van der Waals surface area contributed by atoms with Gasteiger partial charge >= 0.3 is 0 Å². The van der Waals surface area contributed by atoms with E-state index in [0.717, 1.165) is 33.7 Å². The fourth-order valence-corrected chi connectivity index (χ4v) is 2.90. The number of hydrogen-bond donors (Lipinski definition) is 1. The molecule has 0 aliphatic heterocycles. The molecular weight excluding hydrogens is 322 g/mol. The van der Waals surface area contributed by atoms with Crippen LogP contribution < -0.4 is 5.73 Å². The van der Waals surface area contributed by atoms with Gasteiger partial charge < -0.3 is 5.73 Å². The zero-order valence-electron chi connectivity index (χ0n) is 12.9. The lowest BCUT2D eigenvalue weighted by atomic mass is 10.0. The molecule has 0 saturated heterocycles. The Balaban J connectivity index is 2.08. The van der Waals surface area contributed by atoms with Gasteiger partial charge in [-0.05, 0) is 37.3 Å². The molecule has 0 atom stereocenters. The summed E-state index contributed by atoms with van der Waals surface area (Å²) in [6.07, 6.45) is 1.68. The molecule has 3 heterocycles. The van der Waals surface area contributed by atoms with Crippen LogP contribution in [-0.2, 0) is 0 Å². The molecule has 5 nitrogen and oxygen atoms in total. The van der Waals surface area contributed by atoms with Gasteiger partial charge in [0.25, 0.3) is 0 Å². The maximum absolute atomic E-state index is 6.09. The van der Waals surface area contributed by atoms with Crippen LogP contribution in [0.25, 0.3) is 28.2 Å². The molecule has 118 valence electrons. The maximum Gasteiger partial charge on any atom is 0.155 e. The number of anilines is 1. The summed E-state index contributed by atoms with van der Waals surface area (Å²) in [6, 6.07) is 15.5. The van der Waals surface area contributed by atoms with Crippen LogP contribution in [0.15, 0.2) is 54.7 Å². The second-order valence-electron chi connectivity index (χ2n) is 5.57. The summed E-state index contributed by atoms with van der Waals surface area (Å²) >= 11 is 6.09. The topological polar surface area (TPSA) is 69.1 Å². The third kappa shape index (κ3) is 2.49. The first-order valence-corrected chi connectivity index (χ1v) is 7.84. The van der Waals surface area contributed by atoms with Crippen molar-refractivity contribution < 1.29 is 0 Å². The van der Waals surface area contributed by atoms with Gasteiger partial charge in [0.05, 0.1) is 5.69 Å². The number of nitrogens with two attached hydrogens (primary N) is 1. The predicted octanol–water partition coefficient (Wildman–Crippen LogP) is 4.00. The average molecular weight is 336 g/mol. The first kappa shape index (κ1) is 14.7. The van der Waals surface area contributed by atoms with E-state index in [2.05, 4.69) is 29.1 Å². The van der Waals surface area contributed by atoms with E-state index in [1.807, 2.05) is 30.3 Å². The van der Waals surface area contributed by atoms with Gasteiger partial charge in [0.1, 0.15) is 16.7 Å². The first-order valence-electron chi connectivity index (χ1n) is 7.46. The number of halogens is 1. The van der Waals surface area contributed by atoms with E-state index >= 15 is 0 Å². The summed E-state index contributed by atoms with van der Waals surface area (Å²) in [7, 11) is 0. The molecule has 3 aromatic heterocycles. The largest absolute Gasteiger partial charge is 0.384 e. The molecular formula is C18H14ClN5. The fourth-order valence-electron chi connectivity index (χ4n) is 2.76. The molecule has 4 rings (SSSR count). The van der Waals surface area contributed by atoms with Crippen LogP contribution >= 0.6 is 11.6 Å². The van der Waals surface area contributed by atoms with Crippen molar-refractivity contribution in [3.63, 3.8) is 0 Å². The van der Waals surface area contributed by atoms with Crippen molar-refractivity contribution in [2.75, 3.05) is 5.73 Å². The van der Waals surface area contributed by atoms with E-state index in [1.165, 1.54) is 0 Å². The Bertz CT molecular complexity index is 1050. The molecule has 6 heteroatoms. The number of imidazole rings is 1. The van der Waals surface area contributed by atoms with Gasteiger partial charge in [-0.3, -0.25) is 0 Å². The molecule has 0 aliphatic rings. The molecule has 0 unspecified atom stereocenters. The summed E-state index contributed by atoms with van der Waals surface area (Å²) in [5.74, 6) is 0.444. The van der Waals surface area contributed by atoms with Crippen molar-refractivity contribution >= 4 is 23.1 Å². The highest BCUT2D eigenvalue weighted by molar-refractivity contribution is 6.29. The zero-order chi connectivity index (χ0) is 16.7. The van der Waals surface area contributed by atoms with Crippen LogP contribution in [0.3, 0.4) is 0 Å². The summed E-state index contributed by atoms with van der Waals surface area (Å²) in [5, 5.41) is 4.81. The second kappa shape index (κ2) is 5.62. The summed E-state index contributed by atoms with van der Waals surface area (Å²) in [6.45, 7) is 2.05. The highest BCUT2D eigenvalue weighted by Gasteiger charge is 2.17. The van der Waals surface area contributed by atoms with Crippen LogP contribution in [0.2, 0.25) is 5.15 Å². The minimum Gasteiger partial charge on any atom is -0.384 e. The standard InChI is InChI=1S/C18H14ClN5/c1-11-3-2-4-12(9-11)17-18(13-7-8-21-15(20)10-13)24-16(22-17)6-5-14(19)23-24/h2-10H,1H3,(H2,20,21). The Morgan fingerprint density at radius 2 is 1.92 bits per heavy atom. The van der Waals surface area contributed by atoms with Crippen molar-refractivity contribution in [2.24, 2.45) is 0 Å². The normalized spacial score (nSPS) is 11.1. The third-order valence-corrected chi connectivity index (χ3v) is 3.99. The predicted molar refractivity (Wildman–Crippen MR) is 95.8 cm³/mol. The highest BCUT2D eigenvalue weighted by Crippen LogP contribution is 2.33. The van der Waals surface area contributed by atoms with Crippen LogP contribution in [-0.4, -0.2) is 19.6 Å². The lowest BCUT2D eigenvalue weighted by Gasteiger charge is -2.06. The first-order chi connectivity index (χ1) is 11.6. The number of benzene rings is 1. The third-order valence-electron chi connectivity index (χ3n) is 3.79. The number of hydrogen-bond acceptors (Lipinski definition) is 4. The SMILES string of the molecule is Cc1cccc(-c2nc3ccc(Cl)nn3c2-c2ccnc(N)c2)c1. The van der Waals surface area contributed by atoms with Gasteiger partial charge in [-0.1, -0.05) is 35.4 Å². The highest BCUT2D eigenvalue weighted by atomic mass is 35.5. The van der Waals surface area contributed by atoms with Crippen molar-refractivity contribution in [2.45, 2.75) is 6.92 Å². The van der Waals surface area contributed by atoms with Crippen LogP contribution in [0, 0.1) is 6.92 Å². The Morgan fingerprint density at radius 3 is 2.71 bits per heavy atom. The number of nitrogens with zero attached hydrogens (tertiary/aromatic N) is 4. The van der Waals surface area contributed by atoms with Crippen molar-refractivity contribution in [3.05, 3.63) is 65.4 Å². The molecule has 0 fully saturated rings. The van der Waals surface area contributed by atoms with E-state index in [-0.39, 0.29) is 0 Å². The van der Waals surface area contributed by atoms with Crippen LogP contribution in [0.1, 0.15) is 5.56 Å². The summed E-state index contributed by atoms with van der Waals surface area (Å²) in [5.41, 5.74) is 11.3. The van der Waals surface area contributed by atoms with Gasteiger partial charge in [0, 0.05) is 17.3 Å². The Labute approximate surface area is 143 Å². The molecule has 0 aliphatic carbocycles. The quantitative estimate of drug-likeness (QED) is 0.601.